The minimum atomic E-state index is -0.750. The largest absolute Gasteiger partial charge is 0.491 e. The van der Waals surface area contributed by atoms with Crippen LogP contribution in [0.5, 0.6) is 11.5 Å². The van der Waals surface area contributed by atoms with Crippen molar-refractivity contribution in [1.82, 2.24) is 4.57 Å². The Bertz CT molecular complexity index is 1530. The molecule has 0 aliphatic carbocycles. The van der Waals surface area contributed by atoms with E-state index in [0.29, 0.717) is 44.3 Å². The maximum Gasteiger partial charge on any atom is 0.338 e. The van der Waals surface area contributed by atoms with E-state index < -0.39 is 12.0 Å². The van der Waals surface area contributed by atoms with Crippen molar-refractivity contribution < 1.29 is 19.0 Å². The summed E-state index contributed by atoms with van der Waals surface area (Å²) in [6.07, 6.45) is 3.36. The summed E-state index contributed by atoms with van der Waals surface area (Å²) in [6.45, 7) is 11.6. The Balaban J connectivity index is 1.96. The van der Waals surface area contributed by atoms with Crippen molar-refractivity contribution in [2.75, 3.05) is 13.2 Å². The van der Waals surface area contributed by atoms with E-state index in [1.807, 2.05) is 62.4 Å². The van der Waals surface area contributed by atoms with Crippen LogP contribution in [0.2, 0.25) is 0 Å². The summed E-state index contributed by atoms with van der Waals surface area (Å²) < 4.78 is 19.3. The van der Waals surface area contributed by atoms with E-state index >= 15 is 0 Å². The van der Waals surface area contributed by atoms with Gasteiger partial charge in [-0.15, -0.1) is 0 Å². The van der Waals surface area contributed by atoms with Crippen LogP contribution in [0.4, 0.5) is 0 Å². The standard InChI is InChI=1S/C29H30N2O5S/c1-6-16-35-22-14-10-8-12-20(22)17-24-27(32)31-26(21-13-9-11-15-23(21)36-18(3)4)25(28(33)34-7-2)19(5)30-29(31)37-24/h6,8-15,17-18,26H,1,7,16H2,2-5H3/b24-17-. The molecule has 0 saturated carbocycles. The predicted octanol–water partition coefficient (Wildman–Crippen LogP) is 4.15. The van der Waals surface area contributed by atoms with Crippen LogP contribution in [0, 0.1) is 0 Å². The van der Waals surface area contributed by atoms with Gasteiger partial charge in [-0.3, -0.25) is 9.36 Å². The first-order chi connectivity index (χ1) is 17.8. The molecule has 1 aliphatic rings. The third-order valence-electron chi connectivity index (χ3n) is 5.66. The first-order valence-corrected chi connectivity index (χ1v) is 12.9. The number of hydrogen-bond donors (Lipinski definition) is 0. The Kier molecular flexibility index (Phi) is 8.08. The highest BCUT2D eigenvalue weighted by Gasteiger charge is 2.35. The number of carbonyl (C=O) groups excluding carboxylic acids is 1. The molecule has 1 unspecified atom stereocenters. The number of fused-ring (bicyclic) bond motifs is 1. The summed E-state index contributed by atoms with van der Waals surface area (Å²) in [5.41, 5.74) is 2.01. The number of nitrogens with zero attached hydrogens (tertiary/aromatic N) is 2. The summed E-state index contributed by atoms with van der Waals surface area (Å²) in [5, 5.41) is 0. The summed E-state index contributed by atoms with van der Waals surface area (Å²) in [6, 6.07) is 14.2. The van der Waals surface area contributed by atoms with E-state index in [4.69, 9.17) is 14.2 Å². The highest BCUT2D eigenvalue weighted by atomic mass is 32.1. The van der Waals surface area contributed by atoms with Crippen molar-refractivity contribution in [3.05, 3.63) is 103 Å². The van der Waals surface area contributed by atoms with Gasteiger partial charge < -0.3 is 14.2 Å². The third kappa shape index (κ3) is 5.44. The molecule has 4 rings (SSSR count). The van der Waals surface area contributed by atoms with Gasteiger partial charge in [-0.05, 0) is 45.9 Å². The highest BCUT2D eigenvalue weighted by Crippen LogP contribution is 2.36. The molecule has 1 aromatic heterocycles. The molecule has 0 saturated heterocycles. The quantitative estimate of drug-likeness (QED) is 0.314. The second-order valence-corrected chi connectivity index (χ2v) is 9.65. The van der Waals surface area contributed by atoms with E-state index in [1.165, 1.54) is 11.3 Å². The average Bonchev–Trinajstić information content (AvgIpc) is 3.17. The lowest BCUT2D eigenvalue weighted by Crippen LogP contribution is -2.40. The average molecular weight is 519 g/mol. The Morgan fingerprint density at radius 1 is 1.16 bits per heavy atom. The van der Waals surface area contributed by atoms with Crippen LogP contribution in [0.25, 0.3) is 6.08 Å². The van der Waals surface area contributed by atoms with E-state index in [-0.39, 0.29) is 18.3 Å². The molecular weight excluding hydrogens is 488 g/mol. The summed E-state index contributed by atoms with van der Waals surface area (Å²) in [7, 11) is 0. The second-order valence-electron chi connectivity index (χ2n) is 8.64. The van der Waals surface area contributed by atoms with Crippen LogP contribution in [0.1, 0.15) is 44.9 Å². The fourth-order valence-corrected chi connectivity index (χ4v) is 5.21. The molecule has 8 heteroatoms. The predicted molar refractivity (Wildman–Crippen MR) is 145 cm³/mol. The fourth-order valence-electron chi connectivity index (χ4n) is 4.17. The first kappa shape index (κ1) is 26.2. The van der Waals surface area contributed by atoms with Gasteiger partial charge in [0.1, 0.15) is 24.1 Å². The van der Waals surface area contributed by atoms with Gasteiger partial charge in [0.25, 0.3) is 5.56 Å². The maximum absolute atomic E-state index is 13.9. The summed E-state index contributed by atoms with van der Waals surface area (Å²) in [5.74, 6) is 0.728. The molecule has 1 atom stereocenters. The molecule has 3 aromatic rings. The van der Waals surface area contributed by atoms with Gasteiger partial charge in [-0.25, -0.2) is 9.79 Å². The lowest BCUT2D eigenvalue weighted by molar-refractivity contribution is -0.139. The van der Waals surface area contributed by atoms with E-state index in [0.717, 1.165) is 5.56 Å². The van der Waals surface area contributed by atoms with Crippen LogP contribution in [-0.2, 0) is 9.53 Å². The van der Waals surface area contributed by atoms with Crippen molar-refractivity contribution in [1.29, 1.82) is 0 Å². The van der Waals surface area contributed by atoms with Gasteiger partial charge in [0, 0.05) is 11.1 Å². The zero-order valence-electron chi connectivity index (χ0n) is 21.4. The maximum atomic E-state index is 13.9. The number of rotatable bonds is 9. The zero-order chi connectivity index (χ0) is 26.5. The molecule has 2 heterocycles. The Hall–Kier alpha value is -3.91. The van der Waals surface area contributed by atoms with E-state index in [9.17, 15) is 9.59 Å². The molecule has 0 amide bonds. The number of benzene rings is 2. The smallest absolute Gasteiger partial charge is 0.338 e. The van der Waals surface area contributed by atoms with Gasteiger partial charge >= 0.3 is 5.97 Å². The van der Waals surface area contributed by atoms with Crippen LogP contribution in [0.15, 0.2) is 82.2 Å². The monoisotopic (exact) mass is 518 g/mol. The fraction of sp³-hybridized carbons (Fsp3) is 0.276. The number of hydrogen-bond acceptors (Lipinski definition) is 7. The van der Waals surface area contributed by atoms with Crippen molar-refractivity contribution in [2.24, 2.45) is 4.99 Å². The topological polar surface area (TPSA) is 79.1 Å². The Morgan fingerprint density at radius 2 is 1.86 bits per heavy atom. The molecular formula is C29H30N2O5S. The Morgan fingerprint density at radius 3 is 2.57 bits per heavy atom. The number of ether oxygens (including phenoxy) is 3. The van der Waals surface area contributed by atoms with E-state index in [2.05, 4.69) is 11.6 Å². The number of carbonyl (C=O) groups is 1. The van der Waals surface area contributed by atoms with Crippen molar-refractivity contribution in [3.63, 3.8) is 0 Å². The van der Waals surface area contributed by atoms with E-state index in [1.54, 1.807) is 30.6 Å². The lowest BCUT2D eigenvalue weighted by atomic mass is 9.95. The molecule has 0 fully saturated rings. The molecule has 1 aliphatic heterocycles. The molecule has 2 aromatic carbocycles. The van der Waals surface area contributed by atoms with Crippen molar-refractivity contribution in [2.45, 2.75) is 39.8 Å². The SMILES string of the molecule is C=CCOc1ccccc1/C=c1\sc2n(c1=O)C(c1ccccc1OC(C)C)C(C(=O)OCC)=C(C)N=2. The van der Waals surface area contributed by atoms with Crippen LogP contribution >= 0.6 is 11.3 Å². The molecule has 192 valence electrons. The van der Waals surface area contributed by atoms with Gasteiger partial charge in [-0.1, -0.05) is 60.4 Å². The Labute approximate surface area is 219 Å². The second kappa shape index (κ2) is 11.4. The number of para-hydroxylation sites is 2. The van der Waals surface area contributed by atoms with Crippen LogP contribution < -0.4 is 24.4 Å². The molecule has 0 N–H and O–H groups in total. The number of aromatic nitrogens is 1. The van der Waals surface area contributed by atoms with Gasteiger partial charge in [0.2, 0.25) is 0 Å². The van der Waals surface area contributed by atoms with Gasteiger partial charge in [0.05, 0.1) is 28.5 Å². The zero-order valence-corrected chi connectivity index (χ0v) is 22.2. The van der Waals surface area contributed by atoms with Gasteiger partial charge in [-0.2, -0.15) is 0 Å². The molecule has 0 bridgehead atoms. The first-order valence-electron chi connectivity index (χ1n) is 12.1. The molecule has 37 heavy (non-hydrogen) atoms. The highest BCUT2D eigenvalue weighted by molar-refractivity contribution is 7.07. The number of thiazole rings is 1. The third-order valence-corrected chi connectivity index (χ3v) is 6.64. The lowest BCUT2D eigenvalue weighted by Gasteiger charge is -2.26. The number of esters is 1. The van der Waals surface area contributed by atoms with Crippen molar-refractivity contribution in [3.8, 4) is 11.5 Å². The minimum absolute atomic E-state index is 0.0971. The number of allylic oxidation sites excluding steroid dienone is 1. The van der Waals surface area contributed by atoms with Crippen LogP contribution in [-0.4, -0.2) is 29.9 Å². The molecule has 0 spiro atoms. The minimum Gasteiger partial charge on any atom is -0.491 e. The molecule has 0 radical (unpaired) electrons. The summed E-state index contributed by atoms with van der Waals surface area (Å²) in [4.78, 5) is 32.2. The van der Waals surface area contributed by atoms with Crippen molar-refractivity contribution >= 4 is 23.4 Å². The molecule has 7 nitrogen and oxygen atoms in total. The van der Waals surface area contributed by atoms with Crippen LogP contribution in [0.3, 0.4) is 0 Å². The van der Waals surface area contributed by atoms with Gasteiger partial charge in [0.15, 0.2) is 4.80 Å². The normalized spacial score (nSPS) is 15.3. The summed E-state index contributed by atoms with van der Waals surface area (Å²) >= 11 is 1.26.